The van der Waals surface area contributed by atoms with Gasteiger partial charge in [0.15, 0.2) is 0 Å². The van der Waals surface area contributed by atoms with Crippen molar-refractivity contribution in [3.63, 3.8) is 0 Å². The third kappa shape index (κ3) is 3.49. The van der Waals surface area contributed by atoms with Gasteiger partial charge in [0.1, 0.15) is 0 Å². The van der Waals surface area contributed by atoms with Crippen LogP contribution < -0.4 is 10.2 Å². The first kappa shape index (κ1) is 15.3. The van der Waals surface area contributed by atoms with Crippen molar-refractivity contribution >= 4 is 5.69 Å². The number of rotatable bonds is 6. The second kappa shape index (κ2) is 7.04. The molecule has 112 valence electrons. The molecule has 2 rings (SSSR count). The van der Waals surface area contributed by atoms with Crippen LogP contribution >= 0.6 is 0 Å². The molecule has 0 spiro atoms. The second-order valence-corrected chi connectivity index (χ2v) is 5.76. The fourth-order valence-electron chi connectivity index (χ4n) is 2.99. The van der Waals surface area contributed by atoms with E-state index in [0.29, 0.717) is 6.04 Å². The summed E-state index contributed by atoms with van der Waals surface area (Å²) >= 11 is 0. The van der Waals surface area contributed by atoms with E-state index < -0.39 is 0 Å². The van der Waals surface area contributed by atoms with Crippen molar-refractivity contribution in [1.82, 2.24) is 10.3 Å². The Morgan fingerprint density at radius 1 is 1.25 bits per heavy atom. The highest BCUT2D eigenvalue weighted by atomic mass is 16.3. The van der Waals surface area contributed by atoms with Gasteiger partial charge in [0.05, 0.1) is 6.61 Å². The van der Waals surface area contributed by atoms with E-state index in [9.17, 15) is 5.11 Å². The highest BCUT2D eigenvalue weighted by Gasteiger charge is 2.29. The van der Waals surface area contributed by atoms with E-state index in [-0.39, 0.29) is 12.1 Å². The molecule has 1 fully saturated rings. The first-order chi connectivity index (χ1) is 9.73. The summed E-state index contributed by atoms with van der Waals surface area (Å²) in [6.45, 7) is 6.66. The standard InChI is InChI=1S/C16H27N3O/c1-3-16(4-2,13-20)18-14-7-11-19(12-8-14)15-5-9-17-10-6-15/h5-6,9-10,14,18,20H,3-4,7-8,11-13H2,1-2H3. The summed E-state index contributed by atoms with van der Waals surface area (Å²) in [5.74, 6) is 0. The van der Waals surface area contributed by atoms with E-state index >= 15 is 0 Å². The van der Waals surface area contributed by atoms with Gasteiger partial charge in [-0.1, -0.05) is 13.8 Å². The summed E-state index contributed by atoms with van der Waals surface area (Å²) in [6, 6.07) is 4.66. The molecule has 0 amide bonds. The molecule has 1 saturated heterocycles. The zero-order valence-electron chi connectivity index (χ0n) is 12.7. The molecule has 0 unspecified atom stereocenters. The van der Waals surface area contributed by atoms with Crippen molar-refractivity contribution in [2.75, 3.05) is 24.6 Å². The summed E-state index contributed by atoms with van der Waals surface area (Å²) in [5.41, 5.74) is 1.17. The van der Waals surface area contributed by atoms with Gasteiger partial charge in [-0.15, -0.1) is 0 Å². The Bertz CT molecular complexity index is 376. The molecule has 0 radical (unpaired) electrons. The lowest BCUT2D eigenvalue weighted by Gasteiger charge is -2.40. The summed E-state index contributed by atoms with van der Waals surface area (Å²) in [4.78, 5) is 6.49. The lowest BCUT2D eigenvalue weighted by atomic mass is 9.91. The number of aliphatic hydroxyl groups excluding tert-OH is 1. The van der Waals surface area contributed by atoms with E-state index in [1.54, 1.807) is 0 Å². The monoisotopic (exact) mass is 277 g/mol. The average Bonchev–Trinajstić information content (AvgIpc) is 2.54. The van der Waals surface area contributed by atoms with Gasteiger partial charge in [-0.2, -0.15) is 0 Å². The van der Waals surface area contributed by atoms with Crippen LogP contribution in [-0.2, 0) is 0 Å². The number of piperidine rings is 1. The van der Waals surface area contributed by atoms with Gasteiger partial charge >= 0.3 is 0 Å². The number of pyridine rings is 1. The maximum absolute atomic E-state index is 9.66. The Hall–Kier alpha value is -1.13. The molecule has 20 heavy (non-hydrogen) atoms. The van der Waals surface area contributed by atoms with Crippen LogP contribution in [0.25, 0.3) is 0 Å². The summed E-state index contributed by atoms with van der Waals surface area (Å²) in [5, 5.41) is 13.4. The molecule has 1 aliphatic heterocycles. The first-order valence-corrected chi connectivity index (χ1v) is 7.76. The third-order valence-corrected chi connectivity index (χ3v) is 4.69. The van der Waals surface area contributed by atoms with Crippen molar-refractivity contribution in [3.05, 3.63) is 24.5 Å². The minimum Gasteiger partial charge on any atom is -0.394 e. The van der Waals surface area contributed by atoms with Gasteiger partial charge in [-0.05, 0) is 37.8 Å². The van der Waals surface area contributed by atoms with E-state index in [1.807, 2.05) is 12.4 Å². The number of nitrogens with zero attached hydrogens (tertiary/aromatic N) is 2. The predicted molar refractivity (Wildman–Crippen MR) is 83.0 cm³/mol. The van der Waals surface area contributed by atoms with Crippen molar-refractivity contribution < 1.29 is 5.11 Å². The first-order valence-electron chi connectivity index (χ1n) is 7.76. The third-order valence-electron chi connectivity index (χ3n) is 4.69. The Kier molecular flexibility index (Phi) is 5.38. The normalized spacial score (nSPS) is 17.4. The van der Waals surface area contributed by atoms with Crippen LogP contribution in [0.4, 0.5) is 5.69 Å². The highest BCUT2D eigenvalue weighted by molar-refractivity contribution is 5.44. The molecule has 4 heteroatoms. The lowest BCUT2D eigenvalue weighted by molar-refractivity contribution is 0.132. The van der Waals surface area contributed by atoms with Gasteiger partial charge < -0.3 is 15.3 Å². The minimum atomic E-state index is -0.0937. The molecule has 1 aliphatic rings. The Balaban J connectivity index is 1.88. The van der Waals surface area contributed by atoms with Crippen LogP contribution in [0.15, 0.2) is 24.5 Å². The van der Waals surface area contributed by atoms with Crippen LogP contribution in [0.3, 0.4) is 0 Å². The summed E-state index contributed by atoms with van der Waals surface area (Å²) in [7, 11) is 0. The van der Waals surface area contributed by atoms with Gasteiger partial charge in [0, 0.05) is 42.8 Å². The SMILES string of the molecule is CCC(CC)(CO)NC1CCN(c2ccncc2)CC1. The molecule has 2 heterocycles. The fraction of sp³-hybridized carbons (Fsp3) is 0.688. The summed E-state index contributed by atoms with van der Waals surface area (Å²) in [6.07, 6.45) is 7.92. The number of hydrogen-bond acceptors (Lipinski definition) is 4. The van der Waals surface area contributed by atoms with E-state index in [0.717, 1.165) is 38.8 Å². The molecule has 0 aromatic carbocycles. The van der Waals surface area contributed by atoms with Crippen molar-refractivity contribution in [2.24, 2.45) is 0 Å². The average molecular weight is 277 g/mol. The Morgan fingerprint density at radius 3 is 2.35 bits per heavy atom. The zero-order valence-corrected chi connectivity index (χ0v) is 12.7. The zero-order chi connectivity index (χ0) is 14.4. The Morgan fingerprint density at radius 2 is 1.85 bits per heavy atom. The lowest BCUT2D eigenvalue weighted by Crippen LogP contribution is -2.55. The predicted octanol–water partition coefficient (Wildman–Crippen LogP) is 2.19. The van der Waals surface area contributed by atoms with E-state index in [1.165, 1.54) is 5.69 Å². The number of aromatic nitrogens is 1. The number of aliphatic hydroxyl groups is 1. The number of nitrogens with one attached hydrogen (secondary N) is 1. The van der Waals surface area contributed by atoms with Gasteiger partial charge in [-0.3, -0.25) is 4.98 Å². The number of anilines is 1. The van der Waals surface area contributed by atoms with Crippen LogP contribution in [0.1, 0.15) is 39.5 Å². The van der Waals surface area contributed by atoms with Gasteiger partial charge in [0.25, 0.3) is 0 Å². The molecule has 0 bridgehead atoms. The maximum Gasteiger partial charge on any atom is 0.0613 e. The summed E-state index contributed by atoms with van der Waals surface area (Å²) < 4.78 is 0. The Labute approximate surface area is 122 Å². The number of hydrogen-bond donors (Lipinski definition) is 2. The van der Waals surface area contributed by atoms with Gasteiger partial charge in [0.2, 0.25) is 0 Å². The molecule has 1 aromatic heterocycles. The largest absolute Gasteiger partial charge is 0.394 e. The maximum atomic E-state index is 9.66. The molecule has 0 saturated carbocycles. The quantitative estimate of drug-likeness (QED) is 0.837. The van der Waals surface area contributed by atoms with E-state index in [4.69, 9.17) is 0 Å². The van der Waals surface area contributed by atoms with Crippen molar-refractivity contribution in [2.45, 2.75) is 51.1 Å². The minimum absolute atomic E-state index is 0.0937. The molecule has 4 nitrogen and oxygen atoms in total. The van der Waals surface area contributed by atoms with Crippen LogP contribution in [-0.4, -0.2) is 41.4 Å². The molecular weight excluding hydrogens is 250 g/mol. The molecule has 1 aromatic rings. The fourth-order valence-corrected chi connectivity index (χ4v) is 2.99. The smallest absolute Gasteiger partial charge is 0.0613 e. The van der Waals surface area contributed by atoms with Crippen molar-refractivity contribution in [1.29, 1.82) is 0 Å². The van der Waals surface area contributed by atoms with Crippen molar-refractivity contribution in [3.8, 4) is 0 Å². The van der Waals surface area contributed by atoms with Crippen LogP contribution in [0.5, 0.6) is 0 Å². The van der Waals surface area contributed by atoms with Crippen LogP contribution in [0.2, 0.25) is 0 Å². The van der Waals surface area contributed by atoms with Gasteiger partial charge in [-0.25, -0.2) is 0 Å². The molecule has 0 aliphatic carbocycles. The van der Waals surface area contributed by atoms with Crippen LogP contribution in [0, 0.1) is 0 Å². The highest BCUT2D eigenvalue weighted by Crippen LogP contribution is 2.22. The molecular formula is C16H27N3O. The molecule has 0 atom stereocenters. The van der Waals surface area contributed by atoms with E-state index in [2.05, 4.69) is 41.2 Å². The topological polar surface area (TPSA) is 48.4 Å². The molecule has 2 N–H and O–H groups in total. The second-order valence-electron chi connectivity index (χ2n) is 5.76.